The molecule has 1 heterocycles. The number of rotatable bonds is 5. The van der Waals surface area contributed by atoms with Gasteiger partial charge in [-0.15, -0.1) is 5.10 Å². The lowest BCUT2D eigenvalue weighted by Crippen LogP contribution is -2.02. The molecule has 114 valence electrons. The van der Waals surface area contributed by atoms with Crippen LogP contribution in [0.4, 0.5) is 0 Å². The van der Waals surface area contributed by atoms with Gasteiger partial charge in [0.05, 0.1) is 27.5 Å². The highest BCUT2D eigenvalue weighted by atomic mass is 16.5. The summed E-state index contributed by atoms with van der Waals surface area (Å²) >= 11 is 0. The maximum absolute atomic E-state index is 5.24. The average Bonchev–Trinajstić information content (AvgIpc) is 2.59. The van der Waals surface area contributed by atoms with E-state index in [-0.39, 0.29) is 0 Å². The Morgan fingerprint density at radius 1 is 1.00 bits per heavy atom. The van der Waals surface area contributed by atoms with Gasteiger partial charge >= 0.3 is 0 Å². The first kappa shape index (κ1) is 15.5. The minimum Gasteiger partial charge on any atom is -0.493 e. The zero-order chi connectivity index (χ0) is 15.8. The Kier molecular flexibility index (Phi) is 5.48. The fraction of sp³-hybridized carbons (Fsp3) is 0.188. The van der Waals surface area contributed by atoms with Crippen LogP contribution < -0.4 is 9.47 Å². The lowest BCUT2D eigenvalue weighted by molar-refractivity contribution is 0.355. The van der Waals surface area contributed by atoms with Crippen LogP contribution in [0.2, 0.25) is 0 Å². The highest BCUT2D eigenvalue weighted by Crippen LogP contribution is 2.26. The standard InChI is InChI=1S/C16H17N3O3/c1-20-14-5-4-12(10-15(14)21-2)11-18-19-16(22-3)13-6-8-17-9-7-13/h4-11H,1-3H3/b18-11+,19-16-. The minimum atomic E-state index is 0.416. The molecule has 1 aromatic heterocycles. The van der Waals surface area contributed by atoms with Gasteiger partial charge < -0.3 is 14.2 Å². The fourth-order valence-corrected chi connectivity index (χ4v) is 1.79. The van der Waals surface area contributed by atoms with Gasteiger partial charge in [-0.2, -0.15) is 5.10 Å². The second-order valence-corrected chi connectivity index (χ2v) is 4.20. The second-order valence-electron chi connectivity index (χ2n) is 4.20. The molecule has 0 fully saturated rings. The summed E-state index contributed by atoms with van der Waals surface area (Å²) in [6.45, 7) is 0. The Hall–Kier alpha value is -2.89. The van der Waals surface area contributed by atoms with Crippen LogP contribution in [-0.2, 0) is 4.74 Å². The largest absolute Gasteiger partial charge is 0.493 e. The Labute approximate surface area is 129 Å². The molecule has 1 aromatic carbocycles. The summed E-state index contributed by atoms with van der Waals surface area (Å²) in [5.41, 5.74) is 1.65. The van der Waals surface area contributed by atoms with E-state index in [9.17, 15) is 0 Å². The zero-order valence-electron chi connectivity index (χ0n) is 12.7. The van der Waals surface area contributed by atoms with Gasteiger partial charge in [0.2, 0.25) is 5.90 Å². The second kappa shape index (κ2) is 7.78. The third-order valence-electron chi connectivity index (χ3n) is 2.88. The van der Waals surface area contributed by atoms with Crippen molar-refractivity contribution in [1.29, 1.82) is 0 Å². The molecule has 6 heteroatoms. The Bertz CT molecular complexity index is 670. The van der Waals surface area contributed by atoms with Crippen molar-refractivity contribution < 1.29 is 14.2 Å². The van der Waals surface area contributed by atoms with Gasteiger partial charge in [-0.25, -0.2) is 0 Å². The van der Waals surface area contributed by atoms with E-state index in [2.05, 4.69) is 15.2 Å². The van der Waals surface area contributed by atoms with Crippen LogP contribution in [0.5, 0.6) is 11.5 Å². The lowest BCUT2D eigenvalue weighted by Gasteiger charge is -2.07. The molecule has 0 N–H and O–H groups in total. The molecule has 2 aromatic rings. The molecule has 0 aliphatic rings. The van der Waals surface area contributed by atoms with Crippen molar-refractivity contribution in [3.63, 3.8) is 0 Å². The Morgan fingerprint density at radius 2 is 1.73 bits per heavy atom. The van der Waals surface area contributed by atoms with Gasteiger partial charge in [0, 0.05) is 18.0 Å². The summed E-state index contributed by atoms with van der Waals surface area (Å²) in [4.78, 5) is 3.95. The SMILES string of the molecule is CO/C(=N\N=C\c1ccc(OC)c(OC)c1)c1ccncc1. The van der Waals surface area contributed by atoms with E-state index in [0.29, 0.717) is 17.4 Å². The molecule has 0 aliphatic carbocycles. The van der Waals surface area contributed by atoms with Gasteiger partial charge in [0.15, 0.2) is 11.5 Å². The highest BCUT2D eigenvalue weighted by Gasteiger charge is 2.04. The molecule has 0 saturated carbocycles. The summed E-state index contributed by atoms with van der Waals surface area (Å²) in [6, 6.07) is 9.09. The predicted octanol–water partition coefficient (Wildman–Crippen LogP) is 2.53. The maximum atomic E-state index is 5.24. The van der Waals surface area contributed by atoms with E-state index in [1.54, 1.807) is 52.1 Å². The molecule has 0 unspecified atom stereocenters. The minimum absolute atomic E-state index is 0.416. The fourth-order valence-electron chi connectivity index (χ4n) is 1.79. The smallest absolute Gasteiger partial charge is 0.240 e. The first-order valence-electron chi connectivity index (χ1n) is 6.56. The van der Waals surface area contributed by atoms with Gasteiger partial charge in [-0.3, -0.25) is 4.98 Å². The number of benzene rings is 1. The highest BCUT2D eigenvalue weighted by molar-refractivity contribution is 5.94. The number of pyridine rings is 1. The summed E-state index contributed by atoms with van der Waals surface area (Å²) < 4.78 is 15.6. The van der Waals surface area contributed by atoms with E-state index in [1.807, 2.05) is 18.2 Å². The van der Waals surface area contributed by atoms with Crippen LogP contribution in [0.25, 0.3) is 0 Å². The van der Waals surface area contributed by atoms with E-state index in [4.69, 9.17) is 14.2 Å². The number of hydrogen-bond donors (Lipinski definition) is 0. The first-order valence-corrected chi connectivity index (χ1v) is 6.56. The van der Waals surface area contributed by atoms with Crippen molar-refractivity contribution in [2.45, 2.75) is 0 Å². The van der Waals surface area contributed by atoms with Crippen molar-refractivity contribution in [1.82, 2.24) is 4.98 Å². The van der Waals surface area contributed by atoms with Crippen molar-refractivity contribution in [2.75, 3.05) is 21.3 Å². The van der Waals surface area contributed by atoms with Gasteiger partial charge in [0.1, 0.15) is 0 Å². The van der Waals surface area contributed by atoms with Crippen LogP contribution in [0.1, 0.15) is 11.1 Å². The quantitative estimate of drug-likeness (QED) is 0.483. The van der Waals surface area contributed by atoms with Crippen LogP contribution in [0, 0.1) is 0 Å². The zero-order valence-corrected chi connectivity index (χ0v) is 12.7. The Balaban J connectivity index is 2.19. The predicted molar refractivity (Wildman–Crippen MR) is 84.9 cm³/mol. The maximum Gasteiger partial charge on any atom is 0.240 e. The average molecular weight is 299 g/mol. The normalized spacial score (nSPS) is 11.5. The van der Waals surface area contributed by atoms with Crippen LogP contribution >= 0.6 is 0 Å². The summed E-state index contributed by atoms with van der Waals surface area (Å²) in [5.74, 6) is 1.72. The first-order chi connectivity index (χ1) is 10.8. The number of nitrogens with zero attached hydrogens (tertiary/aromatic N) is 3. The summed E-state index contributed by atoms with van der Waals surface area (Å²) in [6.07, 6.45) is 4.95. The monoisotopic (exact) mass is 299 g/mol. The number of hydrogen-bond acceptors (Lipinski definition) is 6. The van der Waals surface area contributed by atoms with E-state index < -0.39 is 0 Å². The van der Waals surface area contributed by atoms with Crippen molar-refractivity contribution >= 4 is 12.1 Å². The molecule has 0 atom stereocenters. The molecule has 2 rings (SSSR count). The third kappa shape index (κ3) is 3.82. The molecular weight excluding hydrogens is 282 g/mol. The molecule has 0 spiro atoms. The topological polar surface area (TPSA) is 65.3 Å². The molecular formula is C16H17N3O3. The molecule has 0 radical (unpaired) electrons. The summed E-state index contributed by atoms with van der Waals surface area (Å²) in [5, 5.41) is 8.11. The molecule has 0 amide bonds. The van der Waals surface area contributed by atoms with Crippen molar-refractivity contribution in [2.24, 2.45) is 10.2 Å². The van der Waals surface area contributed by atoms with E-state index in [1.165, 1.54) is 0 Å². The summed E-state index contributed by atoms with van der Waals surface area (Å²) in [7, 11) is 4.73. The van der Waals surface area contributed by atoms with Crippen LogP contribution in [0.3, 0.4) is 0 Å². The van der Waals surface area contributed by atoms with Gasteiger partial charge in [0.25, 0.3) is 0 Å². The molecule has 6 nitrogen and oxygen atoms in total. The molecule has 0 saturated heterocycles. The number of ether oxygens (including phenoxy) is 3. The van der Waals surface area contributed by atoms with Crippen LogP contribution in [0.15, 0.2) is 52.9 Å². The number of methoxy groups -OCH3 is 3. The number of aromatic nitrogens is 1. The third-order valence-corrected chi connectivity index (χ3v) is 2.88. The molecule has 22 heavy (non-hydrogen) atoms. The van der Waals surface area contributed by atoms with Gasteiger partial charge in [-0.05, 0) is 35.9 Å². The van der Waals surface area contributed by atoms with Crippen molar-refractivity contribution in [3.05, 3.63) is 53.9 Å². The molecule has 0 bridgehead atoms. The van der Waals surface area contributed by atoms with Gasteiger partial charge in [-0.1, -0.05) is 0 Å². The van der Waals surface area contributed by atoms with Crippen LogP contribution in [-0.4, -0.2) is 38.4 Å². The lowest BCUT2D eigenvalue weighted by atomic mass is 10.2. The van der Waals surface area contributed by atoms with E-state index in [0.717, 1.165) is 11.1 Å². The van der Waals surface area contributed by atoms with Crippen molar-refractivity contribution in [3.8, 4) is 11.5 Å². The molecule has 0 aliphatic heterocycles. The Morgan fingerprint density at radius 3 is 2.36 bits per heavy atom. The van der Waals surface area contributed by atoms with E-state index >= 15 is 0 Å².